The van der Waals surface area contributed by atoms with Gasteiger partial charge in [0.25, 0.3) is 0 Å². The van der Waals surface area contributed by atoms with E-state index in [1.54, 1.807) is 4.80 Å². The molecule has 0 saturated heterocycles. The Bertz CT molecular complexity index is 322. The van der Waals surface area contributed by atoms with E-state index in [0.29, 0.717) is 12.0 Å². The third kappa shape index (κ3) is 2.78. The molecule has 0 aromatic carbocycles. The number of rotatable bonds is 5. The third-order valence-corrected chi connectivity index (χ3v) is 3.31. The maximum Gasteiger partial charge on any atom is 0.175 e. The van der Waals surface area contributed by atoms with Gasteiger partial charge in [-0.15, -0.1) is 10.2 Å². The molecule has 0 bridgehead atoms. The lowest BCUT2D eigenvalue weighted by Crippen LogP contribution is -2.34. The summed E-state index contributed by atoms with van der Waals surface area (Å²) in [4.78, 5) is 1.54. The molecule has 16 heavy (non-hydrogen) atoms. The topological polar surface area (TPSA) is 55.6 Å². The van der Waals surface area contributed by atoms with Gasteiger partial charge in [0.05, 0.1) is 7.05 Å². The van der Waals surface area contributed by atoms with E-state index in [1.165, 1.54) is 25.7 Å². The van der Waals surface area contributed by atoms with Gasteiger partial charge in [0.1, 0.15) is 0 Å². The Hall–Kier alpha value is -0.970. The number of aryl methyl sites for hydroxylation is 1. The molecule has 0 spiro atoms. The van der Waals surface area contributed by atoms with Gasteiger partial charge >= 0.3 is 0 Å². The molecule has 1 heterocycles. The second-order valence-corrected chi connectivity index (χ2v) is 4.65. The molecule has 2 atom stereocenters. The Morgan fingerprint density at radius 3 is 3.00 bits per heavy atom. The van der Waals surface area contributed by atoms with E-state index >= 15 is 0 Å². The zero-order valence-electron chi connectivity index (χ0n) is 10.2. The molecule has 1 aliphatic rings. The molecule has 1 saturated carbocycles. The lowest BCUT2D eigenvalue weighted by Gasteiger charge is -2.19. The van der Waals surface area contributed by atoms with Crippen LogP contribution in [0, 0.1) is 5.92 Å². The predicted octanol–water partition coefficient (Wildman–Crippen LogP) is 0.921. The van der Waals surface area contributed by atoms with E-state index in [1.807, 2.05) is 7.05 Å². The molecule has 1 aromatic heterocycles. The van der Waals surface area contributed by atoms with Crippen LogP contribution in [-0.2, 0) is 13.5 Å². The van der Waals surface area contributed by atoms with Crippen molar-refractivity contribution in [2.75, 3.05) is 6.54 Å². The summed E-state index contributed by atoms with van der Waals surface area (Å²) in [6.07, 6.45) is 6.08. The maximum absolute atomic E-state index is 4.26. The predicted molar refractivity (Wildman–Crippen MR) is 61.9 cm³/mol. The number of nitrogens with zero attached hydrogens (tertiary/aromatic N) is 4. The van der Waals surface area contributed by atoms with Crippen LogP contribution >= 0.6 is 0 Å². The van der Waals surface area contributed by atoms with Crippen molar-refractivity contribution in [3.8, 4) is 0 Å². The fraction of sp³-hybridized carbons (Fsp3) is 0.909. The van der Waals surface area contributed by atoms with E-state index < -0.39 is 0 Å². The standard InChI is InChI=1S/C11H21N5/c1-3-7-12-10-6-4-5-9(10)8-11-13-15-16(2)14-11/h9-10,12H,3-8H2,1-2H3. The molecule has 2 unspecified atom stereocenters. The quantitative estimate of drug-likeness (QED) is 0.806. The van der Waals surface area contributed by atoms with Crippen molar-refractivity contribution in [1.82, 2.24) is 25.5 Å². The fourth-order valence-corrected chi connectivity index (χ4v) is 2.52. The molecular formula is C11H21N5. The molecule has 1 N–H and O–H groups in total. The van der Waals surface area contributed by atoms with Crippen molar-refractivity contribution < 1.29 is 0 Å². The minimum absolute atomic E-state index is 0.656. The molecule has 5 heteroatoms. The summed E-state index contributed by atoms with van der Waals surface area (Å²) in [5.41, 5.74) is 0. The Balaban J connectivity index is 1.88. The molecule has 0 radical (unpaired) electrons. The van der Waals surface area contributed by atoms with Gasteiger partial charge in [-0.05, 0) is 36.9 Å². The summed E-state index contributed by atoms with van der Waals surface area (Å²) >= 11 is 0. The van der Waals surface area contributed by atoms with Crippen molar-refractivity contribution in [3.63, 3.8) is 0 Å². The van der Waals surface area contributed by atoms with Crippen LogP contribution in [0.25, 0.3) is 0 Å². The zero-order chi connectivity index (χ0) is 11.4. The van der Waals surface area contributed by atoms with E-state index in [4.69, 9.17) is 0 Å². The van der Waals surface area contributed by atoms with Gasteiger partial charge in [0.15, 0.2) is 5.82 Å². The van der Waals surface area contributed by atoms with Gasteiger partial charge in [-0.2, -0.15) is 4.80 Å². The minimum Gasteiger partial charge on any atom is -0.314 e. The zero-order valence-corrected chi connectivity index (χ0v) is 10.2. The smallest absolute Gasteiger partial charge is 0.175 e. The van der Waals surface area contributed by atoms with Crippen LogP contribution in [0.5, 0.6) is 0 Å². The molecule has 1 aromatic rings. The van der Waals surface area contributed by atoms with Gasteiger partial charge in [-0.1, -0.05) is 13.3 Å². The van der Waals surface area contributed by atoms with Gasteiger partial charge in [-0.3, -0.25) is 0 Å². The lowest BCUT2D eigenvalue weighted by atomic mass is 9.99. The molecule has 2 rings (SSSR count). The highest BCUT2D eigenvalue weighted by Gasteiger charge is 2.27. The second kappa shape index (κ2) is 5.39. The van der Waals surface area contributed by atoms with Gasteiger partial charge in [0.2, 0.25) is 0 Å². The van der Waals surface area contributed by atoms with Crippen molar-refractivity contribution in [2.24, 2.45) is 13.0 Å². The molecule has 5 nitrogen and oxygen atoms in total. The Morgan fingerprint density at radius 2 is 2.31 bits per heavy atom. The Kier molecular flexibility index (Phi) is 3.88. The monoisotopic (exact) mass is 223 g/mol. The number of tetrazole rings is 1. The highest BCUT2D eigenvalue weighted by Crippen LogP contribution is 2.27. The van der Waals surface area contributed by atoms with Crippen LogP contribution in [0.3, 0.4) is 0 Å². The first kappa shape index (κ1) is 11.5. The van der Waals surface area contributed by atoms with Crippen LogP contribution in [0.1, 0.15) is 38.4 Å². The summed E-state index contributed by atoms with van der Waals surface area (Å²) in [6.45, 7) is 3.33. The molecular weight excluding hydrogens is 202 g/mol. The Labute approximate surface area is 96.6 Å². The Morgan fingerprint density at radius 1 is 1.44 bits per heavy atom. The lowest BCUT2D eigenvalue weighted by molar-refractivity contribution is 0.392. The van der Waals surface area contributed by atoms with Crippen LogP contribution in [0.2, 0.25) is 0 Å². The van der Waals surface area contributed by atoms with Crippen LogP contribution in [-0.4, -0.2) is 32.8 Å². The normalized spacial score (nSPS) is 25.1. The van der Waals surface area contributed by atoms with Gasteiger partial charge < -0.3 is 5.32 Å². The third-order valence-electron chi connectivity index (χ3n) is 3.31. The van der Waals surface area contributed by atoms with E-state index in [9.17, 15) is 0 Å². The van der Waals surface area contributed by atoms with E-state index in [-0.39, 0.29) is 0 Å². The SMILES string of the molecule is CCCNC1CCCC1Cc1nnn(C)n1. The number of hydrogen-bond acceptors (Lipinski definition) is 4. The minimum atomic E-state index is 0.656. The van der Waals surface area contributed by atoms with Crippen LogP contribution in [0.15, 0.2) is 0 Å². The first-order valence-corrected chi connectivity index (χ1v) is 6.26. The van der Waals surface area contributed by atoms with Gasteiger partial charge in [-0.25, -0.2) is 0 Å². The highest BCUT2D eigenvalue weighted by molar-refractivity contribution is 4.90. The van der Waals surface area contributed by atoms with Crippen LogP contribution < -0.4 is 5.32 Å². The van der Waals surface area contributed by atoms with Crippen molar-refractivity contribution >= 4 is 0 Å². The molecule has 0 aliphatic heterocycles. The van der Waals surface area contributed by atoms with Crippen LogP contribution in [0.4, 0.5) is 0 Å². The first-order chi connectivity index (χ1) is 7.79. The van der Waals surface area contributed by atoms with Crippen molar-refractivity contribution in [2.45, 2.75) is 45.1 Å². The second-order valence-electron chi connectivity index (χ2n) is 4.65. The summed E-state index contributed by atoms with van der Waals surface area (Å²) < 4.78 is 0. The number of hydrogen-bond donors (Lipinski definition) is 1. The van der Waals surface area contributed by atoms with Crippen molar-refractivity contribution in [3.05, 3.63) is 5.82 Å². The number of aromatic nitrogens is 4. The maximum atomic E-state index is 4.26. The largest absolute Gasteiger partial charge is 0.314 e. The number of nitrogens with one attached hydrogen (secondary N) is 1. The highest BCUT2D eigenvalue weighted by atomic mass is 15.6. The van der Waals surface area contributed by atoms with Crippen molar-refractivity contribution in [1.29, 1.82) is 0 Å². The first-order valence-electron chi connectivity index (χ1n) is 6.26. The summed E-state index contributed by atoms with van der Waals surface area (Å²) in [5, 5.41) is 15.8. The van der Waals surface area contributed by atoms with Gasteiger partial charge in [0, 0.05) is 12.5 Å². The molecule has 90 valence electrons. The molecule has 1 fully saturated rings. The molecule has 1 aliphatic carbocycles. The summed E-state index contributed by atoms with van der Waals surface area (Å²) in [6, 6.07) is 0.656. The average molecular weight is 223 g/mol. The summed E-state index contributed by atoms with van der Waals surface area (Å²) in [7, 11) is 1.82. The summed E-state index contributed by atoms with van der Waals surface area (Å²) in [5.74, 6) is 1.58. The average Bonchev–Trinajstić information content (AvgIpc) is 2.86. The fourth-order valence-electron chi connectivity index (χ4n) is 2.52. The van der Waals surface area contributed by atoms with E-state index in [0.717, 1.165) is 18.8 Å². The molecule has 0 amide bonds. The van der Waals surface area contributed by atoms with E-state index in [2.05, 4.69) is 27.7 Å².